The van der Waals surface area contributed by atoms with Gasteiger partial charge >= 0.3 is 0 Å². The molecule has 1 aliphatic rings. The van der Waals surface area contributed by atoms with Gasteiger partial charge in [-0.05, 0) is 58.5 Å². The van der Waals surface area contributed by atoms with Crippen LogP contribution >= 0.6 is 15.9 Å². The van der Waals surface area contributed by atoms with Gasteiger partial charge in [-0.25, -0.2) is 0 Å². The SMILES string of the molecule is Nc1cccc(CN2CCCCc3ccccc32)c1Br. The van der Waals surface area contributed by atoms with E-state index < -0.39 is 0 Å². The third kappa shape index (κ3) is 2.68. The molecule has 1 heterocycles. The normalized spacial score (nSPS) is 14.8. The van der Waals surface area contributed by atoms with Crippen molar-refractivity contribution in [2.75, 3.05) is 17.2 Å². The third-order valence-corrected chi connectivity index (χ3v) is 4.89. The topological polar surface area (TPSA) is 29.3 Å². The van der Waals surface area contributed by atoms with Crippen molar-refractivity contribution in [1.82, 2.24) is 0 Å². The molecule has 0 amide bonds. The number of hydrogen-bond donors (Lipinski definition) is 1. The Balaban J connectivity index is 1.92. The average Bonchev–Trinajstić information content (AvgIpc) is 2.67. The van der Waals surface area contributed by atoms with E-state index in [4.69, 9.17) is 5.73 Å². The van der Waals surface area contributed by atoms with Gasteiger partial charge < -0.3 is 10.6 Å². The highest BCUT2D eigenvalue weighted by molar-refractivity contribution is 9.10. The molecule has 0 fully saturated rings. The van der Waals surface area contributed by atoms with E-state index >= 15 is 0 Å². The molecule has 0 atom stereocenters. The van der Waals surface area contributed by atoms with Crippen molar-refractivity contribution in [3.05, 3.63) is 58.1 Å². The Morgan fingerprint density at radius 2 is 1.90 bits per heavy atom. The molecule has 20 heavy (non-hydrogen) atoms. The summed E-state index contributed by atoms with van der Waals surface area (Å²) in [6.45, 7) is 2.01. The van der Waals surface area contributed by atoms with Crippen LogP contribution in [0, 0.1) is 0 Å². The molecule has 0 unspecified atom stereocenters. The van der Waals surface area contributed by atoms with Crippen LogP contribution in [0.25, 0.3) is 0 Å². The number of rotatable bonds is 2. The lowest BCUT2D eigenvalue weighted by molar-refractivity contribution is 0.714. The van der Waals surface area contributed by atoms with Gasteiger partial charge in [0.25, 0.3) is 0 Å². The fourth-order valence-corrected chi connectivity index (χ4v) is 3.25. The monoisotopic (exact) mass is 330 g/mol. The highest BCUT2D eigenvalue weighted by Crippen LogP contribution is 2.30. The zero-order valence-corrected chi connectivity index (χ0v) is 13.1. The maximum absolute atomic E-state index is 5.99. The first-order chi connectivity index (χ1) is 9.75. The summed E-state index contributed by atoms with van der Waals surface area (Å²) in [6, 6.07) is 14.9. The number of nitrogens with zero attached hydrogens (tertiary/aromatic N) is 1. The molecule has 0 aromatic heterocycles. The van der Waals surface area contributed by atoms with Crippen LogP contribution in [-0.4, -0.2) is 6.54 Å². The van der Waals surface area contributed by atoms with E-state index in [-0.39, 0.29) is 0 Å². The number of hydrogen-bond acceptors (Lipinski definition) is 2. The number of nitrogen functional groups attached to an aromatic ring is 1. The van der Waals surface area contributed by atoms with Crippen LogP contribution < -0.4 is 10.6 Å². The maximum atomic E-state index is 5.99. The van der Waals surface area contributed by atoms with Crippen LogP contribution in [0.2, 0.25) is 0 Å². The van der Waals surface area contributed by atoms with Gasteiger partial charge in [-0.2, -0.15) is 0 Å². The summed E-state index contributed by atoms with van der Waals surface area (Å²) >= 11 is 3.61. The fraction of sp³-hybridized carbons (Fsp3) is 0.294. The zero-order chi connectivity index (χ0) is 13.9. The lowest BCUT2D eigenvalue weighted by atomic mass is 10.1. The van der Waals surface area contributed by atoms with E-state index in [2.05, 4.69) is 51.2 Å². The molecule has 3 heteroatoms. The van der Waals surface area contributed by atoms with E-state index in [0.29, 0.717) is 0 Å². The summed E-state index contributed by atoms with van der Waals surface area (Å²) in [4.78, 5) is 2.47. The molecular formula is C17H19BrN2. The van der Waals surface area contributed by atoms with Crippen molar-refractivity contribution in [3.63, 3.8) is 0 Å². The Labute approximate surface area is 128 Å². The highest BCUT2D eigenvalue weighted by Gasteiger charge is 2.16. The molecule has 0 saturated carbocycles. The zero-order valence-electron chi connectivity index (χ0n) is 11.5. The number of fused-ring (bicyclic) bond motifs is 1. The van der Waals surface area contributed by atoms with Crippen LogP contribution in [0.1, 0.15) is 24.0 Å². The molecular weight excluding hydrogens is 312 g/mol. The molecule has 0 aliphatic carbocycles. The van der Waals surface area contributed by atoms with Gasteiger partial charge in [-0.3, -0.25) is 0 Å². The molecule has 1 aliphatic heterocycles. The standard InChI is InChI=1S/C17H19BrN2/c18-17-14(8-5-9-15(17)19)12-20-11-4-3-7-13-6-1-2-10-16(13)20/h1-2,5-6,8-10H,3-4,7,11-12,19H2. The molecule has 2 aromatic carbocycles. The number of benzene rings is 2. The average molecular weight is 331 g/mol. The van der Waals surface area contributed by atoms with Gasteiger partial charge in [-0.15, -0.1) is 0 Å². The van der Waals surface area contributed by atoms with Crippen LogP contribution in [0.5, 0.6) is 0 Å². The van der Waals surface area contributed by atoms with Crippen molar-refractivity contribution >= 4 is 27.3 Å². The Kier molecular flexibility index (Phi) is 3.97. The molecule has 0 radical (unpaired) electrons. The second-order valence-electron chi connectivity index (χ2n) is 5.33. The van der Waals surface area contributed by atoms with Crippen molar-refractivity contribution < 1.29 is 0 Å². The minimum atomic E-state index is 0.811. The van der Waals surface area contributed by atoms with Crippen LogP contribution in [0.15, 0.2) is 46.9 Å². The van der Waals surface area contributed by atoms with Crippen molar-refractivity contribution in [3.8, 4) is 0 Å². The highest BCUT2D eigenvalue weighted by atomic mass is 79.9. The Morgan fingerprint density at radius 1 is 1.05 bits per heavy atom. The maximum Gasteiger partial charge on any atom is 0.0461 e. The third-order valence-electron chi connectivity index (χ3n) is 3.93. The van der Waals surface area contributed by atoms with E-state index in [1.54, 1.807) is 0 Å². The summed E-state index contributed by atoms with van der Waals surface area (Å²) in [6.07, 6.45) is 3.70. The van der Waals surface area contributed by atoms with E-state index in [0.717, 1.165) is 23.2 Å². The summed E-state index contributed by atoms with van der Waals surface area (Å²) < 4.78 is 1.03. The molecule has 0 spiro atoms. The molecule has 0 saturated heterocycles. The Hall–Kier alpha value is -1.48. The largest absolute Gasteiger partial charge is 0.398 e. The molecule has 104 valence electrons. The Morgan fingerprint density at radius 3 is 2.80 bits per heavy atom. The summed E-state index contributed by atoms with van der Waals surface area (Å²) in [5.74, 6) is 0. The van der Waals surface area contributed by atoms with Crippen LogP contribution in [0.3, 0.4) is 0 Å². The second-order valence-corrected chi connectivity index (χ2v) is 6.12. The van der Waals surface area contributed by atoms with E-state index in [1.165, 1.54) is 36.1 Å². The van der Waals surface area contributed by atoms with E-state index in [1.807, 2.05) is 12.1 Å². The molecule has 2 N–H and O–H groups in total. The van der Waals surface area contributed by atoms with E-state index in [9.17, 15) is 0 Å². The number of halogens is 1. The van der Waals surface area contributed by atoms with Gasteiger partial charge in [-0.1, -0.05) is 30.3 Å². The van der Waals surface area contributed by atoms with Gasteiger partial charge in [0.1, 0.15) is 0 Å². The molecule has 2 nitrogen and oxygen atoms in total. The van der Waals surface area contributed by atoms with Gasteiger partial charge in [0.05, 0.1) is 0 Å². The summed E-state index contributed by atoms with van der Waals surface area (Å²) in [5.41, 5.74) is 10.9. The van der Waals surface area contributed by atoms with Gasteiger partial charge in [0.15, 0.2) is 0 Å². The van der Waals surface area contributed by atoms with Crippen molar-refractivity contribution in [2.24, 2.45) is 0 Å². The number of anilines is 2. The van der Waals surface area contributed by atoms with Gasteiger partial charge in [0, 0.05) is 28.9 Å². The quantitative estimate of drug-likeness (QED) is 0.828. The lowest BCUT2D eigenvalue weighted by Crippen LogP contribution is -2.23. The number of nitrogens with two attached hydrogens (primary N) is 1. The van der Waals surface area contributed by atoms with Crippen LogP contribution in [-0.2, 0) is 13.0 Å². The second kappa shape index (κ2) is 5.88. The molecule has 3 rings (SSSR count). The first-order valence-electron chi connectivity index (χ1n) is 7.11. The lowest BCUT2D eigenvalue weighted by Gasteiger charge is -2.25. The summed E-state index contributed by atoms with van der Waals surface area (Å²) in [5, 5.41) is 0. The minimum Gasteiger partial charge on any atom is -0.398 e. The molecule has 2 aromatic rings. The van der Waals surface area contributed by atoms with Crippen molar-refractivity contribution in [2.45, 2.75) is 25.8 Å². The van der Waals surface area contributed by atoms with Crippen molar-refractivity contribution in [1.29, 1.82) is 0 Å². The van der Waals surface area contributed by atoms with Crippen LogP contribution in [0.4, 0.5) is 11.4 Å². The number of para-hydroxylation sites is 1. The first kappa shape index (κ1) is 13.5. The summed E-state index contributed by atoms with van der Waals surface area (Å²) in [7, 11) is 0. The number of aryl methyl sites for hydroxylation is 1. The predicted octanol–water partition coefficient (Wildman–Crippen LogP) is 4.37. The minimum absolute atomic E-state index is 0.811. The Bertz CT molecular complexity index is 610. The smallest absolute Gasteiger partial charge is 0.0461 e. The molecule has 0 bridgehead atoms. The first-order valence-corrected chi connectivity index (χ1v) is 7.91. The fourth-order valence-electron chi connectivity index (χ4n) is 2.86. The van der Waals surface area contributed by atoms with Gasteiger partial charge in [0.2, 0.25) is 0 Å². The predicted molar refractivity (Wildman–Crippen MR) is 89.0 cm³/mol.